The standard InChI is InChI=1S/C15H15NO2/c17-14-7-2-1-5-12(14)13-6-3-4-11-10-16-8-9-18-15(11)13/h1-7,16-17H,8-10H2. The number of aromatic hydroxyl groups is 1. The molecule has 3 heteroatoms. The zero-order valence-electron chi connectivity index (χ0n) is 10.0. The molecule has 0 saturated carbocycles. The van der Waals surface area contributed by atoms with Gasteiger partial charge in [0.2, 0.25) is 0 Å². The molecule has 0 bridgehead atoms. The Labute approximate surface area is 106 Å². The fourth-order valence-corrected chi connectivity index (χ4v) is 2.26. The molecule has 2 aromatic carbocycles. The van der Waals surface area contributed by atoms with Gasteiger partial charge < -0.3 is 15.2 Å². The van der Waals surface area contributed by atoms with E-state index in [2.05, 4.69) is 11.4 Å². The van der Waals surface area contributed by atoms with Crippen LogP contribution < -0.4 is 10.1 Å². The van der Waals surface area contributed by atoms with E-state index in [9.17, 15) is 5.11 Å². The molecule has 0 fully saturated rings. The van der Waals surface area contributed by atoms with Gasteiger partial charge in [0.05, 0.1) is 0 Å². The summed E-state index contributed by atoms with van der Waals surface area (Å²) in [6, 6.07) is 13.4. The van der Waals surface area contributed by atoms with Crippen LogP contribution in [0.3, 0.4) is 0 Å². The van der Waals surface area contributed by atoms with Crippen LogP contribution in [0.2, 0.25) is 0 Å². The van der Waals surface area contributed by atoms with Crippen molar-refractivity contribution in [1.82, 2.24) is 5.32 Å². The quantitative estimate of drug-likeness (QED) is 0.806. The maximum Gasteiger partial charge on any atom is 0.131 e. The maximum atomic E-state index is 9.96. The van der Waals surface area contributed by atoms with Gasteiger partial charge in [0.25, 0.3) is 0 Å². The van der Waals surface area contributed by atoms with Crippen LogP contribution in [0.4, 0.5) is 0 Å². The fourth-order valence-electron chi connectivity index (χ4n) is 2.26. The van der Waals surface area contributed by atoms with Crippen molar-refractivity contribution in [3.05, 3.63) is 48.0 Å². The molecule has 0 saturated heterocycles. The molecule has 3 nitrogen and oxygen atoms in total. The van der Waals surface area contributed by atoms with Crippen molar-refractivity contribution in [3.8, 4) is 22.6 Å². The van der Waals surface area contributed by atoms with E-state index < -0.39 is 0 Å². The number of phenolic OH excluding ortho intramolecular Hbond substituents is 1. The lowest BCUT2D eigenvalue weighted by Gasteiger charge is -2.13. The molecule has 0 radical (unpaired) electrons. The zero-order chi connectivity index (χ0) is 12.4. The molecule has 1 heterocycles. The number of hydrogen-bond donors (Lipinski definition) is 2. The normalized spacial score (nSPS) is 14.4. The number of ether oxygens (including phenoxy) is 1. The van der Waals surface area contributed by atoms with E-state index in [0.717, 1.165) is 35.5 Å². The van der Waals surface area contributed by atoms with Crippen molar-refractivity contribution in [2.24, 2.45) is 0 Å². The predicted molar refractivity (Wildman–Crippen MR) is 70.7 cm³/mol. The van der Waals surface area contributed by atoms with Gasteiger partial charge in [-0.1, -0.05) is 36.4 Å². The Balaban J connectivity index is 2.16. The maximum absolute atomic E-state index is 9.96. The Morgan fingerprint density at radius 3 is 2.72 bits per heavy atom. The molecule has 0 atom stereocenters. The van der Waals surface area contributed by atoms with E-state index in [-0.39, 0.29) is 5.75 Å². The number of nitrogens with one attached hydrogen (secondary N) is 1. The molecule has 2 N–H and O–H groups in total. The van der Waals surface area contributed by atoms with E-state index in [1.54, 1.807) is 6.07 Å². The Bertz CT molecular complexity index is 566. The third-order valence-electron chi connectivity index (χ3n) is 3.13. The van der Waals surface area contributed by atoms with Crippen LogP contribution in [0.15, 0.2) is 42.5 Å². The predicted octanol–water partition coefficient (Wildman–Crippen LogP) is 2.54. The molecule has 0 aromatic heterocycles. The lowest BCUT2D eigenvalue weighted by atomic mass is 10.0. The van der Waals surface area contributed by atoms with Gasteiger partial charge in [0.15, 0.2) is 0 Å². The summed E-state index contributed by atoms with van der Waals surface area (Å²) in [5, 5.41) is 13.3. The highest BCUT2D eigenvalue weighted by molar-refractivity contribution is 5.76. The van der Waals surface area contributed by atoms with E-state index in [0.29, 0.717) is 6.61 Å². The minimum Gasteiger partial charge on any atom is -0.507 e. The van der Waals surface area contributed by atoms with E-state index in [1.807, 2.05) is 30.3 Å². The second-order valence-corrected chi connectivity index (χ2v) is 4.34. The molecule has 0 spiro atoms. The van der Waals surface area contributed by atoms with Crippen LogP contribution in [-0.4, -0.2) is 18.3 Å². The fraction of sp³-hybridized carbons (Fsp3) is 0.200. The Hall–Kier alpha value is -2.00. The number of phenols is 1. The van der Waals surface area contributed by atoms with Crippen molar-refractivity contribution in [3.63, 3.8) is 0 Å². The Morgan fingerprint density at radius 1 is 1.00 bits per heavy atom. The summed E-state index contributed by atoms with van der Waals surface area (Å²) in [6.07, 6.45) is 0. The van der Waals surface area contributed by atoms with Crippen molar-refractivity contribution >= 4 is 0 Å². The third kappa shape index (κ3) is 1.93. The smallest absolute Gasteiger partial charge is 0.131 e. The summed E-state index contributed by atoms with van der Waals surface area (Å²) in [5.41, 5.74) is 2.90. The van der Waals surface area contributed by atoms with Crippen molar-refractivity contribution in [1.29, 1.82) is 0 Å². The van der Waals surface area contributed by atoms with Gasteiger partial charge in [0.1, 0.15) is 18.1 Å². The molecule has 0 unspecified atom stereocenters. The molecule has 1 aliphatic rings. The van der Waals surface area contributed by atoms with Crippen molar-refractivity contribution < 1.29 is 9.84 Å². The molecule has 92 valence electrons. The largest absolute Gasteiger partial charge is 0.507 e. The summed E-state index contributed by atoms with van der Waals surface area (Å²) < 4.78 is 5.82. The number of fused-ring (bicyclic) bond motifs is 1. The van der Waals surface area contributed by atoms with Gasteiger partial charge in [-0.2, -0.15) is 0 Å². The first-order valence-corrected chi connectivity index (χ1v) is 6.10. The van der Waals surface area contributed by atoms with E-state index >= 15 is 0 Å². The first-order valence-electron chi connectivity index (χ1n) is 6.10. The lowest BCUT2D eigenvalue weighted by molar-refractivity contribution is 0.327. The molecular weight excluding hydrogens is 226 g/mol. The summed E-state index contributed by atoms with van der Waals surface area (Å²) >= 11 is 0. The van der Waals surface area contributed by atoms with Crippen LogP contribution >= 0.6 is 0 Å². The molecule has 18 heavy (non-hydrogen) atoms. The van der Waals surface area contributed by atoms with Crippen LogP contribution in [0.25, 0.3) is 11.1 Å². The molecule has 0 aliphatic carbocycles. The lowest BCUT2D eigenvalue weighted by Crippen LogP contribution is -2.16. The van der Waals surface area contributed by atoms with E-state index in [4.69, 9.17) is 4.74 Å². The van der Waals surface area contributed by atoms with E-state index in [1.165, 1.54) is 0 Å². The summed E-state index contributed by atoms with van der Waals surface area (Å²) in [5.74, 6) is 1.16. The minimum absolute atomic E-state index is 0.284. The molecule has 0 amide bonds. The van der Waals surface area contributed by atoms with Gasteiger partial charge in [-0.3, -0.25) is 0 Å². The Kier molecular flexibility index (Phi) is 2.90. The second-order valence-electron chi connectivity index (χ2n) is 4.34. The van der Waals surface area contributed by atoms with Gasteiger partial charge in [-0.15, -0.1) is 0 Å². The van der Waals surface area contributed by atoms with Crippen LogP contribution in [0, 0.1) is 0 Å². The van der Waals surface area contributed by atoms with Gasteiger partial charge >= 0.3 is 0 Å². The first kappa shape index (κ1) is 11.1. The minimum atomic E-state index is 0.284. The molecule has 2 aromatic rings. The average molecular weight is 241 g/mol. The van der Waals surface area contributed by atoms with Crippen LogP contribution in [0.5, 0.6) is 11.5 Å². The monoisotopic (exact) mass is 241 g/mol. The second kappa shape index (κ2) is 4.70. The third-order valence-corrected chi connectivity index (χ3v) is 3.13. The Morgan fingerprint density at radius 2 is 1.83 bits per heavy atom. The van der Waals surface area contributed by atoms with Gasteiger partial charge in [-0.05, 0) is 6.07 Å². The number of hydrogen-bond acceptors (Lipinski definition) is 3. The number of rotatable bonds is 1. The topological polar surface area (TPSA) is 41.5 Å². The van der Waals surface area contributed by atoms with Crippen LogP contribution in [-0.2, 0) is 6.54 Å². The molecular formula is C15H15NO2. The van der Waals surface area contributed by atoms with Crippen LogP contribution in [0.1, 0.15) is 5.56 Å². The SMILES string of the molecule is Oc1ccccc1-c1cccc2c1OCCNC2. The van der Waals surface area contributed by atoms with Gasteiger partial charge in [-0.25, -0.2) is 0 Å². The highest BCUT2D eigenvalue weighted by Gasteiger charge is 2.15. The summed E-state index contributed by atoms with van der Waals surface area (Å²) in [7, 11) is 0. The van der Waals surface area contributed by atoms with Gasteiger partial charge in [0, 0.05) is 29.8 Å². The zero-order valence-corrected chi connectivity index (χ0v) is 10.0. The number of benzene rings is 2. The first-order chi connectivity index (χ1) is 8.86. The average Bonchev–Trinajstić information content (AvgIpc) is 2.64. The number of para-hydroxylation sites is 2. The highest BCUT2D eigenvalue weighted by atomic mass is 16.5. The van der Waals surface area contributed by atoms with Crippen molar-refractivity contribution in [2.45, 2.75) is 6.54 Å². The molecule has 1 aliphatic heterocycles. The van der Waals surface area contributed by atoms with Crippen molar-refractivity contribution in [2.75, 3.05) is 13.2 Å². The highest BCUT2D eigenvalue weighted by Crippen LogP contribution is 2.38. The summed E-state index contributed by atoms with van der Waals surface area (Å²) in [4.78, 5) is 0. The summed E-state index contributed by atoms with van der Waals surface area (Å²) in [6.45, 7) is 2.29. The molecule has 3 rings (SSSR count).